The highest BCUT2D eigenvalue weighted by Gasteiger charge is 2.26. The zero-order valence-electron chi connectivity index (χ0n) is 17.3. The summed E-state index contributed by atoms with van der Waals surface area (Å²) >= 11 is 7.87. The Bertz CT molecular complexity index is 1020. The average molecular weight is 430 g/mol. The van der Waals surface area contributed by atoms with E-state index in [0.717, 1.165) is 44.5 Å². The van der Waals surface area contributed by atoms with Gasteiger partial charge < -0.3 is 9.47 Å². The van der Waals surface area contributed by atoms with Crippen molar-refractivity contribution in [3.63, 3.8) is 0 Å². The molecule has 4 nitrogen and oxygen atoms in total. The minimum atomic E-state index is 0.0971. The number of rotatable bonds is 6. The molecule has 29 heavy (non-hydrogen) atoms. The standard InChI is InChI=1S/C23H28ClN3OS/c1-15(2)13-26(23(28)21-11-8-16(3)29-21)14-22-25-19-10-9-17(24)12-20(19)27(22)18-6-4-5-7-18/h8-12,15,18H,4-7,13-14H2,1-3H3. The molecule has 1 amide bonds. The van der Waals surface area contributed by atoms with E-state index in [0.29, 0.717) is 25.0 Å². The number of aryl methyl sites for hydroxylation is 1. The Morgan fingerprint density at radius 2 is 2.03 bits per heavy atom. The molecule has 1 aromatic carbocycles. The van der Waals surface area contributed by atoms with Gasteiger partial charge in [-0.2, -0.15) is 0 Å². The van der Waals surface area contributed by atoms with Crippen LogP contribution in [-0.4, -0.2) is 26.9 Å². The summed E-state index contributed by atoms with van der Waals surface area (Å²) in [5.41, 5.74) is 2.04. The number of halogens is 1. The molecule has 6 heteroatoms. The van der Waals surface area contributed by atoms with Gasteiger partial charge in [-0.05, 0) is 56.0 Å². The molecule has 0 unspecified atom stereocenters. The summed E-state index contributed by atoms with van der Waals surface area (Å²) < 4.78 is 2.36. The number of hydrogen-bond acceptors (Lipinski definition) is 3. The number of thiophene rings is 1. The Hall–Kier alpha value is -1.85. The third kappa shape index (κ3) is 4.36. The van der Waals surface area contributed by atoms with E-state index in [4.69, 9.17) is 16.6 Å². The fraction of sp³-hybridized carbons (Fsp3) is 0.478. The normalized spacial score (nSPS) is 14.9. The van der Waals surface area contributed by atoms with Crippen molar-refractivity contribution in [2.24, 2.45) is 5.92 Å². The number of aromatic nitrogens is 2. The van der Waals surface area contributed by atoms with Crippen LogP contribution in [0.25, 0.3) is 11.0 Å². The predicted octanol–water partition coefficient (Wildman–Crippen LogP) is 6.47. The Labute approximate surface area is 181 Å². The van der Waals surface area contributed by atoms with Gasteiger partial charge in [0.2, 0.25) is 0 Å². The number of benzene rings is 1. The molecule has 0 radical (unpaired) electrons. The quantitative estimate of drug-likeness (QED) is 0.450. The molecule has 1 aliphatic carbocycles. The summed E-state index contributed by atoms with van der Waals surface area (Å²) in [6, 6.07) is 10.3. The second-order valence-corrected chi connectivity index (χ2v) is 10.2. The van der Waals surface area contributed by atoms with Crippen molar-refractivity contribution in [1.29, 1.82) is 0 Å². The fourth-order valence-electron chi connectivity index (χ4n) is 4.33. The summed E-state index contributed by atoms with van der Waals surface area (Å²) in [5.74, 6) is 1.45. The molecule has 4 rings (SSSR count). The molecule has 1 fully saturated rings. The minimum absolute atomic E-state index is 0.0971. The van der Waals surface area contributed by atoms with Crippen molar-refractivity contribution in [1.82, 2.24) is 14.5 Å². The molecule has 2 aromatic heterocycles. The molecule has 0 aliphatic heterocycles. The first-order chi connectivity index (χ1) is 13.9. The number of hydrogen-bond donors (Lipinski definition) is 0. The van der Waals surface area contributed by atoms with Crippen LogP contribution in [0.3, 0.4) is 0 Å². The maximum absolute atomic E-state index is 13.3. The predicted molar refractivity (Wildman–Crippen MR) is 121 cm³/mol. The van der Waals surface area contributed by atoms with Gasteiger partial charge in [0, 0.05) is 22.5 Å². The second kappa shape index (κ2) is 8.49. The maximum Gasteiger partial charge on any atom is 0.264 e. The number of carbonyl (C=O) groups excluding carboxylic acids is 1. The van der Waals surface area contributed by atoms with Crippen LogP contribution in [-0.2, 0) is 6.54 Å². The van der Waals surface area contributed by atoms with E-state index in [2.05, 4.69) is 18.4 Å². The SMILES string of the molecule is Cc1ccc(C(=O)N(Cc2nc3ccc(Cl)cc3n2C2CCCC2)CC(C)C)s1. The third-order valence-corrected chi connectivity index (χ3v) is 6.79. The molecule has 3 aromatic rings. The van der Waals surface area contributed by atoms with Crippen LogP contribution in [0.2, 0.25) is 5.02 Å². The van der Waals surface area contributed by atoms with Crippen molar-refractivity contribution in [3.8, 4) is 0 Å². The summed E-state index contributed by atoms with van der Waals surface area (Å²) in [6.07, 6.45) is 4.81. The Balaban J connectivity index is 1.73. The van der Waals surface area contributed by atoms with E-state index >= 15 is 0 Å². The zero-order chi connectivity index (χ0) is 20.5. The van der Waals surface area contributed by atoms with E-state index < -0.39 is 0 Å². The third-order valence-electron chi connectivity index (χ3n) is 5.57. The van der Waals surface area contributed by atoms with Gasteiger partial charge in [0.05, 0.1) is 22.5 Å². The van der Waals surface area contributed by atoms with Gasteiger partial charge in [0.1, 0.15) is 5.82 Å². The van der Waals surface area contributed by atoms with Crippen molar-refractivity contribution in [2.75, 3.05) is 6.54 Å². The van der Waals surface area contributed by atoms with Crippen LogP contribution in [0, 0.1) is 12.8 Å². The first-order valence-corrected chi connectivity index (χ1v) is 11.6. The topological polar surface area (TPSA) is 38.1 Å². The van der Waals surface area contributed by atoms with Crippen LogP contribution < -0.4 is 0 Å². The second-order valence-electron chi connectivity index (χ2n) is 8.46. The van der Waals surface area contributed by atoms with Crippen LogP contribution in [0.15, 0.2) is 30.3 Å². The van der Waals surface area contributed by atoms with Gasteiger partial charge in [-0.15, -0.1) is 11.3 Å². The smallest absolute Gasteiger partial charge is 0.264 e. The number of imidazole rings is 1. The lowest BCUT2D eigenvalue weighted by molar-refractivity contribution is 0.0720. The Morgan fingerprint density at radius 1 is 1.28 bits per heavy atom. The Morgan fingerprint density at radius 3 is 2.69 bits per heavy atom. The fourth-order valence-corrected chi connectivity index (χ4v) is 5.34. The van der Waals surface area contributed by atoms with E-state index in [1.54, 1.807) is 11.3 Å². The molecule has 1 aliphatic rings. The first-order valence-electron chi connectivity index (χ1n) is 10.4. The molecular weight excluding hydrogens is 402 g/mol. The van der Waals surface area contributed by atoms with Crippen LogP contribution in [0.4, 0.5) is 0 Å². The molecule has 0 saturated heterocycles. The van der Waals surface area contributed by atoms with E-state index in [9.17, 15) is 4.79 Å². The summed E-state index contributed by atoms with van der Waals surface area (Å²) in [6.45, 7) is 7.58. The molecule has 0 atom stereocenters. The highest BCUT2D eigenvalue weighted by atomic mass is 35.5. The molecule has 1 saturated carbocycles. The summed E-state index contributed by atoms with van der Waals surface area (Å²) in [4.78, 5) is 22.1. The lowest BCUT2D eigenvalue weighted by Gasteiger charge is -2.25. The monoisotopic (exact) mass is 429 g/mol. The zero-order valence-corrected chi connectivity index (χ0v) is 18.9. The minimum Gasteiger partial charge on any atom is -0.330 e. The van der Waals surface area contributed by atoms with Crippen molar-refractivity contribution < 1.29 is 4.79 Å². The largest absolute Gasteiger partial charge is 0.330 e. The van der Waals surface area contributed by atoms with Crippen molar-refractivity contribution in [3.05, 3.63) is 50.9 Å². The van der Waals surface area contributed by atoms with E-state index in [-0.39, 0.29) is 5.91 Å². The van der Waals surface area contributed by atoms with Gasteiger partial charge in [0.15, 0.2) is 0 Å². The Kier molecular flexibility index (Phi) is 5.98. The van der Waals surface area contributed by atoms with Crippen LogP contribution >= 0.6 is 22.9 Å². The number of carbonyl (C=O) groups is 1. The van der Waals surface area contributed by atoms with Gasteiger partial charge in [0.25, 0.3) is 5.91 Å². The van der Waals surface area contributed by atoms with Crippen LogP contribution in [0.5, 0.6) is 0 Å². The van der Waals surface area contributed by atoms with E-state index in [1.807, 2.05) is 42.2 Å². The number of fused-ring (bicyclic) bond motifs is 1. The molecular formula is C23H28ClN3OS. The summed E-state index contributed by atoms with van der Waals surface area (Å²) in [7, 11) is 0. The van der Waals surface area contributed by atoms with Gasteiger partial charge in [-0.25, -0.2) is 4.98 Å². The summed E-state index contributed by atoms with van der Waals surface area (Å²) in [5, 5.41) is 0.729. The van der Waals surface area contributed by atoms with Crippen LogP contribution in [0.1, 0.15) is 65.9 Å². The molecule has 0 spiro atoms. The molecule has 154 valence electrons. The lowest BCUT2D eigenvalue weighted by Crippen LogP contribution is -2.34. The van der Waals surface area contributed by atoms with Crippen molar-refractivity contribution in [2.45, 2.75) is 59.0 Å². The van der Waals surface area contributed by atoms with Crippen molar-refractivity contribution >= 4 is 39.9 Å². The highest BCUT2D eigenvalue weighted by molar-refractivity contribution is 7.13. The molecule has 0 N–H and O–H groups in total. The number of amides is 1. The van der Waals surface area contributed by atoms with Gasteiger partial charge in [-0.1, -0.05) is 38.3 Å². The first kappa shape index (κ1) is 20.4. The van der Waals surface area contributed by atoms with Gasteiger partial charge in [-0.3, -0.25) is 4.79 Å². The van der Waals surface area contributed by atoms with E-state index in [1.165, 1.54) is 12.8 Å². The average Bonchev–Trinajstić information content (AvgIpc) is 3.39. The molecule has 2 heterocycles. The highest BCUT2D eigenvalue weighted by Crippen LogP contribution is 2.35. The lowest BCUT2D eigenvalue weighted by atomic mass is 10.2. The number of nitrogens with zero attached hydrogens (tertiary/aromatic N) is 3. The maximum atomic E-state index is 13.3. The molecule has 0 bridgehead atoms. The van der Waals surface area contributed by atoms with Gasteiger partial charge >= 0.3 is 0 Å².